The molecule has 1 unspecified atom stereocenters. The van der Waals surface area contributed by atoms with E-state index in [0.717, 1.165) is 27.7 Å². The number of carbonyl (C=O) groups is 1. The average molecular weight is 521 g/mol. The molecule has 1 aliphatic rings. The lowest BCUT2D eigenvalue weighted by molar-refractivity contribution is -0.117. The molecule has 1 amide bonds. The van der Waals surface area contributed by atoms with E-state index in [1.165, 1.54) is 22.9 Å². The first-order valence-electron chi connectivity index (χ1n) is 10.9. The standard InChI is InChI=1S/C27H25BrN2O2S/c1-26(2)17-27(3,18-12-14-19(28)15-13-18)20-8-4-6-10-22(20)30(26)24(31)16-33-25-29-21-9-5-7-11-23(21)32-25/h4-15H,16-17H2,1-3H3. The van der Waals surface area contributed by atoms with E-state index < -0.39 is 0 Å². The van der Waals surface area contributed by atoms with Gasteiger partial charge in [0.1, 0.15) is 5.52 Å². The third-order valence-corrected chi connectivity index (χ3v) is 7.80. The van der Waals surface area contributed by atoms with E-state index in [9.17, 15) is 4.79 Å². The Kier molecular flexibility index (Phi) is 5.61. The molecule has 1 aliphatic heterocycles. The van der Waals surface area contributed by atoms with Crippen LogP contribution in [-0.4, -0.2) is 22.2 Å². The summed E-state index contributed by atoms with van der Waals surface area (Å²) in [4.78, 5) is 20.1. The monoisotopic (exact) mass is 520 g/mol. The fraction of sp³-hybridized carbons (Fsp3) is 0.259. The van der Waals surface area contributed by atoms with Crippen molar-refractivity contribution in [3.05, 3.63) is 88.4 Å². The van der Waals surface area contributed by atoms with Crippen molar-refractivity contribution in [2.75, 3.05) is 10.7 Å². The number of nitrogens with zero attached hydrogens (tertiary/aromatic N) is 2. The summed E-state index contributed by atoms with van der Waals surface area (Å²) in [6.07, 6.45) is 0.817. The molecule has 0 bridgehead atoms. The van der Waals surface area contributed by atoms with E-state index in [-0.39, 0.29) is 22.6 Å². The highest BCUT2D eigenvalue weighted by atomic mass is 79.9. The van der Waals surface area contributed by atoms with Crippen LogP contribution in [0, 0.1) is 0 Å². The van der Waals surface area contributed by atoms with Gasteiger partial charge in [-0.25, -0.2) is 4.98 Å². The maximum Gasteiger partial charge on any atom is 0.257 e. The van der Waals surface area contributed by atoms with Gasteiger partial charge in [0.05, 0.1) is 5.75 Å². The molecule has 0 N–H and O–H groups in total. The first-order chi connectivity index (χ1) is 15.8. The number of rotatable bonds is 4. The second-order valence-corrected chi connectivity index (χ2v) is 11.2. The number of para-hydroxylation sites is 3. The van der Waals surface area contributed by atoms with Gasteiger partial charge in [-0.1, -0.05) is 77.1 Å². The molecule has 4 nitrogen and oxygen atoms in total. The molecule has 0 fully saturated rings. The number of thioether (sulfide) groups is 1. The molecule has 3 aromatic carbocycles. The van der Waals surface area contributed by atoms with Gasteiger partial charge in [0, 0.05) is 21.1 Å². The number of aromatic nitrogens is 1. The van der Waals surface area contributed by atoms with Crippen molar-refractivity contribution in [1.29, 1.82) is 0 Å². The lowest BCUT2D eigenvalue weighted by Gasteiger charge is -2.51. The predicted molar refractivity (Wildman–Crippen MR) is 138 cm³/mol. The van der Waals surface area contributed by atoms with Gasteiger partial charge < -0.3 is 9.32 Å². The molecule has 1 aromatic heterocycles. The van der Waals surface area contributed by atoms with Crippen molar-refractivity contribution in [3.8, 4) is 0 Å². The number of halogens is 1. The fourth-order valence-electron chi connectivity index (χ4n) is 5.15. The van der Waals surface area contributed by atoms with Crippen molar-refractivity contribution in [2.24, 2.45) is 0 Å². The van der Waals surface area contributed by atoms with Crippen molar-refractivity contribution >= 4 is 50.4 Å². The Balaban J connectivity index is 1.47. The summed E-state index contributed by atoms with van der Waals surface area (Å²) in [5.41, 5.74) is 4.37. The minimum Gasteiger partial charge on any atom is -0.431 e. The van der Waals surface area contributed by atoms with E-state index in [0.29, 0.717) is 5.22 Å². The molecule has 0 aliphatic carbocycles. The normalized spacial score (nSPS) is 19.5. The molecule has 0 saturated carbocycles. The molecule has 4 aromatic rings. The van der Waals surface area contributed by atoms with Gasteiger partial charge in [0.15, 0.2) is 5.58 Å². The van der Waals surface area contributed by atoms with Crippen LogP contribution in [0.4, 0.5) is 5.69 Å². The highest BCUT2D eigenvalue weighted by molar-refractivity contribution is 9.10. The zero-order chi connectivity index (χ0) is 23.2. The van der Waals surface area contributed by atoms with E-state index >= 15 is 0 Å². The Hall–Kier alpha value is -2.57. The largest absolute Gasteiger partial charge is 0.431 e. The van der Waals surface area contributed by atoms with Crippen LogP contribution < -0.4 is 4.90 Å². The Bertz CT molecular complexity index is 1300. The van der Waals surface area contributed by atoms with Crippen LogP contribution in [0.15, 0.2) is 86.9 Å². The van der Waals surface area contributed by atoms with Gasteiger partial charge in [-0.2, -0.15) is 0 Å². The van der Waals surface area contributed by atoms with Gasteiger partial charge in [0.25, 0.3) is 5.22 Å². The molecule has 0 saturated heterocycles. The SMILES string of the molecule is CC1(c2ccc(Br)cc2)CC(C)(C)N(C(=O)CSc2nc3ccccc3o2)c2ccccc21. The Morgan fingerprint density at radius 1 is 1.03 bits per heavy atom. The van der Waals surface area contributed by atoms with Crippen molar-refractivity contribution in [3.63, 3.8) is 0 Å². The second-order valence-electron chi connectivity index (χ2n) is 9.31. The third kappa shape index (κ3) is 4.00. The minimum atomic E-state index is -0.366. The number of amides is 1. The molecular formula is C27H25BrN2O2S. The smallest absolute Gasteiger partial charge is 0.257 e. The maximum atomic E-state index is 13.6. The maximum absolute atomic E-state index is 13.6. The molecule has 0 spiro atoms. The topological polar surface area (TPSA) is 46.3 Å². The quantitative estimate of drug-likeness (QED) is 0.267. The Morgan fingerprint density at radius 2 is 1.73 bits per heavy atom. The molecule has 0 radical (unpaired) electrons. The molecule has 1 atom stereocenters. The van der Waals surface area contributed by atoms with Crippen LogP contribution in [0.2, 0.25) is 0 Å². The fourth-order valence-corrected chi connectivity index (χ4v) is 6.10. The highest BCUT2D eigenvalue weighted by Gasteiger charge is 2.47. The molecule has 5 rings (SSSR count). The van der Waals surface area contributed by atoms with Gasteiger partial charge in [-0.3, -0.25) is 4.79 Å². The van der Waals surface area contributed by atoms with E-state index in [2.05, 4.69) is 84.1 Å². The molecular weight excluding hydrogens is 496 g/mol. The number of fused-ring (bicyclic) bond motifs is 2. The molecule has 2 heterocycles. The van der Waals surface area contributed by atoms with Crippen molar-refractivity contribution in [1.82, 2.24) is 4.98 Å². The van der Waals surface area contributed by atoms with Crippen LogP contribution in [0.25, 0.3) is 11.1 Å². The minimum absolute atomic E-state index is 0.0533. The van der Waals surface area contributed by atoms with E-state index in [1.54, 1.807) is 0 Å². The van der Waals surface area contributed by atoms with E-state index in [1.807, 2.05) is 35.2 Å². The van der Waals surface area contributed by atoms with Crippen molar-refractivity contribution < 1.29 is 9.21 Å². The van der Waals surface area contributed by atoms with Gasteiger partial charge in [-0.15, -0.1) is 0 Å². The number of benzene rings is 3. The van der Waals surface area contributed by atoms with Gasteiger partial charge >= 0.3 is 0 Å². The third-order valence-electron chi connectivity index (χ3n) is 6.46. The number of oxazole rings is 1. The van der Waals surface area contributed by atoms with Gasteiger partial charge in [-0.05, 0) is 61.7 Å². The van der Waals surface area contributed by atoms with Crippen LogP contribution >= 0.6 is 27.7 Å². The molecule has 33 heavy (non-hydrogen) atoms. The lowest BCUT2D eigenvalue weighted by Crippen LogP contribution is -2.56. The van der Waals surface area contributed by atoms with Gasteiger partial charge in [0.2, 0.25) is 5.91 Å². The number of carbonyl (C=O) groups excluding carboxylic acids is 1. The second kappa shape index (κ2) is 8.33. The van der Waals surface area contributed by atoms with Crippen LogP contribution in [0.1, 0.15) is 38.3 Å². The summed E-state index contributed by atoms with van der Waals surface area (Å²) in [6, 6.07) is 24.5. The number of hydrogen-bond donors (Lipinski definition) is 0. The number of hydrogen-bond acceptors (Lipinski definition) is 4. The summed E-state index contributed by atoms with van der Waals surface area (Å²) in [5.74, 6) is 0.317. The van der Waals surface area contributed by atoms with Crippen LogP contribution in [0.3, 0.4) is 0 Å². The van der Waals surface area contributed by atoms with E-state index in [4.69, 9.17) is 4.42 Å². The molecule has 168 valence electrons. The average Bonchev–Trinajstić information content (AvgIpc) is 3.20. The summed E-state index contributed by atoms with van der Waals surface area (Å²) >= 11 is 4.90. The lowest BCUT2D eigenvalue weighted by atomic mass is 9.65. The first kappa shape index (κ1) is 22.2. The predicted octanol–water partition coefficient (Wildman–Crippen LogP) is 7.20. The molecule has 6 heteroatoms. The van der Waals surface area contributed by atoms with Crippen LogP contribution in [0.5, 0.6) is 0 Å². The summed E-state index contributed by atoms with van der Waals surface area (Å²) < 4.78 is 6.87. The summed E-state index contributed by atoms with van der Waals surface area (Å²) in [7, 11) is 0. The summed E-state index contributed by atoms with van der Waals surface area (Å²) in [5, 5.41) is 0.521. The zero-order valence-corrected chi connectivity index (χ0v) is 21.2. The Labute approximate surface area is 206 Å². The highest BCUT2D eigenvalue weighted by Crippen LogP contribution is 2.50. The number of anilines is 1. The first-order valence-corrected chi connectivity index (χ1v) is 12.7. The van der Waals surface area contributed by atoms with Crippen molar-refractivity contribution in [2.45, 2.75) is 43.4 Å². The Morgan fingerprint density at radius 3 is 2.48 bits per heavy atom. The summed E-state index contributed by atoms with van der Waals surface area (Å²) in [6.45, 7) is 6.59. The zero-order valence-electron chi connectivity index (χ0n) is 18.8. The van der Waals surface area contributed by atoms with Crippen LogP contribution in [-0.2, 0) is 10.2 Å².